The van der Waals surface area contributed by atoms with E-state index in [2.05, 4.69) is 12.2 Å². The van der Waals surface area contributed by atoms with E-state index in [0.717, 1.165) is 32.2 Å². The first-order chi connectivity index (χ1) is 9.50. The first-order valence-corrected chi connectivity index (χ1v) is 7.66. The zero-order chi connectivity index (χ0) is 14.8. The number of carbonyl (C=O) groups excluding carboxylic acids is 1. The number of benzene rings is 1. The van der Waals surface area contributed by atoms with Gasteiger partial charge < -0.3 is 5.32 Å². The second-order valence-corrected chi connectivity index (χ2v) is 6.18. The topological polar surface area (TPSA) is 29.1 Å². The maximum Gasteiger partial charge on any atom is 0.170 e. The minimum atomic E-state index is -0.640. The Balaban J connectivity index is 2.32. The van der Waals surface area contributed by atoms with Crippen molar-refractivity contribution in [3.05, 3.63) is 33.6 Å². The summed E-state index contributed by atoms with van der Waals surface area (Å²) in [5.41, 5.74) is -0.115. The van der Waals surface area contributed by atoms with Gasteiger partial charge in [-0.15, -0.1) is 0 Å². The number of halogens is 3. The first kappa shape index (κ1) is 15.7. The van der Waals surface area contributed by atoms with Crippen molar-refractivity contribution in [3.8, 4) is 0 Å². The van der Waals surface area contributed by atoms with Gasteiger partial charge in [-0.05, 0) is 31.5 Å². The van der Waals surface area contributed by atoms with Crippen LogP contribution in [0.5, 0.6) is 0 Å². The highest BCUT2D eigenvalue weighted by Gasteiger charge is 2.41. The number of nitrogens with one attached hydrogen (secondary N) is 1. The number of carbonyl (C=O) groups is 1. The van der Waals surface area contributed by atoms with Crippen molar-refractivity contribution in [3.63, 3.8) is 0 Å². The molecule has 0 amide bonds. The molecule has 1 aliphatic rings. The number of unbranched alkanes of at least 4 members (excludes halogenated alkanes) is 1. The normalized spacial score (nSPS) is 22.2. The van der Waals surface area contributed by atoms with Crippen molar-refractivity contribution in [1.29, 1.82) is 0 Å². The molecule has 1 fully saturated rings. The van der Waals surface area contributed by atoms with Crippen LogP contribution in [0, 0.1) is 11.2 Å². The van der Waals surface area contributed by atoms with Gasteiger partial charge in [-0.3, -0.25) is 4.79 Å². The summed E-state index contributed by atoms with van der Waals surface area (Å²) < 4.78 is 13.7. The van der Waals surface area contributed by atoms with Crippen LogP contribution in [-0.4, -0.2) is 18.9 Å². The third-order valence-electron chi connectivity index (χ3n) is 3.98. The third-order valence-corrected chi connectivity index (χ3v) is 4.76. The number of ketones is 1. The van der Waals surface area contributed by atoms with Crippen molar-refractivity contribution >= 4 is 29.0 Å². The van der Waals surface area contributed by atoms with Crippen LogP contribution in [0.25, 0.3) is 0 Å². The molecule has 1 heterocycles. The molecule has 0 spiro atoms. The van der Waals surface area contributed by atoms with Gasteiger partial charge in [0.1, 0.15) is 5.82 Å². The number of hydrogen-bond acceptors (Lipinski definition) is 2. The highest BCUT2D eigenvalue weighted by Crippen LogP contribution is 2.37. The van der Waals surface area contributed by atoms with E-state index in [9.17, 15) is 9.18 Å². The lowest BCUT2D eigenvalue weighted by atomic mass is 9.75. The molecule has 1 N–H and O–H groups in total. The fourth-order valence-electron chi connectivity index (χ4n) is 2.77. The Hall–Kier alpha value is -0.640. The lowest BCUT2D eigenvalue weighted by Gasteiger charge is -2.26. The summed E-state index contributed by atoms with van der Waals surface area (Å²) in [7, 11) is 0. The van der Waals surface area contributed by atoms with Crippen LogP contribution in [-0.2, 0) is 0 Å². The van der Waals surface area contributed by atoms with E-state index in [4.69, 9.17) is 23.2 Å². The molecule has 0 bridgehead atoms. The highest BCUT2D eigenvalue weighted by atomic mass is 35.5. The van der Waals surface area contributed by atoms with Crippen molar-refractivity contribution < 1.29 is 9.18 Å². The van der Waals surface area contributed by atoms with Gasteiger partial charge in [0.25, 0.3) is 0 Å². The Kier molecular flexibility index (Phi) is 5.05. The van der Waals surface area contributed by atoms with Gasteiger partial charge in [-0.2, -0.15) is 0 Å². The summed E-state index contributed by atoms with van der Waals surface area (Å²) in [6.45, 7) is 3.56. The SMILES string of the molecule is CCCC[C@]1(C(=O)c2cc(F)c(Cl)c(Cl)c2)CCNC1. The predicted octanol–water partition coefficient (Wildman–Crippen LogP) is 4.49. The lowest BCUT2D eigenvalue weighted by Crippen LogP contribution is -2.33. The van der Waals surface area contributed by atoms with Gasteiger partial charge in [0.05, 0.1) is 10.0 Å². The van der Waals surface area contributed by atoms with E-state index in [1.54, 1.807) is 0 Å². The Morgan fingerprint density at radius 3 is 2.75 bits per heavy atom. The van der Waals surface area contributed by atoms with E-state index in [-0.39, 0.29) is 15.8 Å². The molecule has 0 aliphatic carbocycles. The maximum atomic E-state index is 13.7. The minimum absolute atomic E-state index is 0.0339. The average Bonchev–Trinajstić information content (AvgIpc) is 2.91. The zero-order valence-electron chi connectivity index (χ0n) is 11.4. The molecule has 0 aromatic heterocycles. The Labute approximate surface area is 128 Å². The molecule has 1 aromatic carbocycles. The molecule has 0 saturated carbocycles. The molecule has 2 nitrogen and oxygen atoms in total. The molecule has 20 heavy (non-hydrogen) atoms. The molecular weight excluding hydrogens is 300 g/mol. The van der Waals surface area contributed by atoms with E-state index in [0.29, 0.717) is 12.1 Å². The van der Waals surface area contributed by atoms with Crippen LogP contribution in [0.3, 0.4) is 0 Å². The average molecular weight is 318 g/mol. The van der Waals surface area contributed by atoms with Gasteiger partial charge in [0, 0.05) is 17.5 Å². The summed E-state index contributed by atoms with van der Waals surface area (Å²) in [5, 5.41) is 3.20. The zero-order valence-corrected chi connectivity index (χ0v) is 13.0. The second kappa shape index (κ2) is 6.42. The van der Waals surface area contributed by atoms with Crippen LogP contribution in [0.15, 0.2) is 12.1 Å². The fourth-order valence-corrected chi connectivity index (χ4v) is 3.09. The molecule has 1 aromatic rings. The van der Waals surface area contributed by atoms with Gasteiger partial charge in [0.15, 0.2) is 5.78 Å². The number of Topliss-reactive ketones (excluding diaryl/α,β-unsaturated/α-hetero) is 1. The molecule has 0 radical (unpaired) electrons. The molecule has 1 saturated heterocycles. The lowest BCUT2D eigenvalue weighted by molar-refractivity contribution is 0.0799. The molecule has 2 rings (SSSR count). The minimum Gasteiger partial charge on any atom is -0.316 e. The summed E-state index contributed by atoms with van der Waals surface area (Å²) in [6.07, 6.45) is 3.62. The molecule has 5 heteroatoms. The number of rotatable bonds is 5. The van der Waals surface area contributed by atoms with Crippen LogP contribution in [0.4, 0.5) is 4.39 Å². The van der Waals surface area contributed by atoms with Crippen LogP contribution < -0.4 is 5.32 Å². The summed E-state index contributed by atoms with van der Waals surface area (Å²) in [5.74, 6) is -0.674. The monoisotopic (exact) mass is 317 g/mol. The predicted molar refractivity (Wildman–Crippen MR) is 80.2 cm³/mol. The number of hydrogen-bond donors (Lipinski definition) is 1. The summed E-state index contributed by atoms with van der Waals surface area (Å²) in [4.78, 5) is 12.8. The van der Waals surface area contributed by atoms with E-state index < -0.39 is 11.2 Å². The molecule has 1 atom stereocenters. The van der Waals surface area contributed by atoms with E-state index >= 15 is 0 Å². The summed E-state index contributed by atoms with van der Waals surface area (Å²) in [6, 6.07) is 2.67. The largest absolute Gasteiger partial charge is 0.316 e. The quantitative estimate of drug-likeness (QED) is 0.640. The first-order valence-electron chi connectivity index (χ1n) is 6.90. The van der Waals surface area contributed by atoms with Crippen LogP contribution in [0.2, 0.25) is 10.0 Å². The highest BCUT2D eigenvalue weighted by molar-refractivity contribution is 6.42. The molecule has 0 unspecified atom stereocenters. The second-order valence-electron chi connectivity index (χ2n) is 5.39. The van der Waals surface area contributed by atoms with E-state index in [1.807, 2.05) is 0 Å². The van der Waals surface area contributed by atoms with Crippen molar-refractivity contribution in [2.45, 2.75) is 32.6 Å². The van der Waals surface area contributed by atoms with Crippen LogP contribution in [0.1, 0.15) is 43.0 Å². The fraction of sp³-hybridized carbons (Fsp3) is 0.533. The van der Waals surface area contributed by atoms with Gasteiger partial charge in [-0.25, -0.2) is 4.39 Å². The van der Waals surface area contributed by atoms with Crippen molar-refractivity contribution in [2.24, 2.45) is 5.41 Å². The molecular formula is C15H18Cl2FNO. The van der Waals surface area contributed by atoms with Crippen LogP contribution >= 0.6 is 23.2 Å². The Morgan fingerprint density at radius 1 is 1.45 bits per heavy atom. The third kappa shape index (κ3) is 3.00. The van der Waals surface area contributed by atoms with Gasteiger partial charge in [-0.1, -0.05) is 43.0 Å². The molecule has 110 valence electrons. The van der Waals surface area contributed by atoms with Crippen molar-refractivity contribution in [1.82, 2.24) is 5.32 Å². The van der Waals surface area contributed by atoms with Gasteiger partial charge in [0.2, 0.25) is 0 Å². The maximum absolute atomic E-state index is 13.7. The van der Waals surface area contributed by atoms with E-state index in [1.165, 1.54) is 12.1 Å². The summed E-state index contributed by atoms with van der Waals surface area (Å²) >= 11 is 11.6. The Bertz CT molecular complexity index is 490. The Morgan fingerprint density at radius 2 is 2.20 bits per heavy atom. The molecule has 1 aliphatic heterocycles. The van der Waals surface area contributed by atoms with Gasteiger partial charge >= 0.3 is 0 Å². The smallest absolute Gasteiger partial charge is 0.170 e. The standard InChI is InChI=1S/C15H18Cl2FNO/c1-2-3-4-15(5-6-19-9-15)14(20)10-7-11(16)13(17)12(18)8-10/h7-8,19H,2-6,9H2,1H3/t15-/m0/s1. The van der Waals surface area contributed by atoms with Crippen molar-refractivity contribution in [2.75, 3.05) is 13.1 Å².